The van der Waals surface area contributed by atoms with Crippen LogP contribution in [0.2, 0.25) is 0 Å². The Labute approximate surface area is 263 Å². The summed E-state index contributed by atoms with van der Waals surface area (Å²) in [6.45, 7) is 8.40. The Bertz CT molecular complexity index is 1800. The number of carbonyl (C=O) groups excluding carboxylic acids is 2. The molecule has 2 saturated heterocycles. The molecule has 0 aliphatic carbocycles. The van der Waals surface area contributed by atoms with Gasteiger partial charge >= 0.3 is 0 Å². The number of aryl methyl sites for hydroxylation is 1. The van der Waals surface area contributed by atoms with Gasteiger partial charge < -0.3 is 24.6 Å². The number of piperazine rings is 1. The van der Waals surface area contributed by atoms with Crippen LogP contribution >= 0.6 is 0 Å². The Kier molecular flexibility index (Phi) is 7.61. The first kappa shape index (κ1) is 28.8. The lowest BCUT2D eigenvalue weighted by Crippen LogP contribution is -2.53. The molecule has 2 aromatic heterocycles. The van der Waals surface area contributed by atoms with E-state index in [9.17, 15) is 14.4 Å². The Morgan fingerprint density at radius 2 is 1.76 bits per heavy atom. The van der Waals surface area contributed by atoms with Crippen molar-refractivity contribution in [2.24, 2.45) is 5.92 Å². The quantitative estimate of drug-likeness (QED) is 0.354. The number of amides is 2. The number of nitrogens with one attached hydrogen (secondary N) is 1. The molecule has 45 heavy (non-hydrogen) atoms. The number of aromatic nitrogens is 2. The van der Waals surface area contributed by atoms with Gasteiger partial charge in [-0.2, -0.15) is 0 Å². The first-order chi connectivity index (χ1) is 21.8. The van der Waals surface area contributed by atoms with Crippen molar-refractivity contribution < 1.29 is 9.59 Å². The molecule has 230 valence electrons. The van der Waals surface area contributed by atoms with Crippen LogP contribution in [0.4, 0.5) is 17.1 Å². The van der Waals surface area contributed by atoms with E-state index in [0.29, 0.717) is 42.4 Å². The number of hydrogen-bond acceptors (Lipinski definition) is 6. The summed E-state index contributed by atoms with van der Waals surface area (Å²) in [4.78, 5) is 50.5. The van der Waals surface area contributed by atoms with E-state index in [1.165, 1.54) is 11.3 Å². The lowest BCUT2D eigenvalue weighted by atomic mass is 9.83. The van der Waals surface area contributed by atoms with E-state index in [1.807, 2.05) is 33.7 Å². The normalized spacial score (nSPS) is 20.8. The van der Waals surface area contributed by atoms with Gasteiger partial charge in [-0.15, -0.1) is 0 Å². The Hall–Kier alpha value is -4.92. The standard InChI is InChI=1S/C36H38N6O3/c1-24-6-3-8-30(16-24)41-15-14-39(20-25(41)2)36(45)27-11-12-33(31(18-27)38-35(44)28-7-5-13-37-19-28)40-21-26-17-29(23-40)32-9-4-10-34(43)42(32)22-26/h3-13,16,18-19,25-26,29H,14-15,17,20-23H2,1-2H3,(H,38,44). The minimum absolute atomic E-state index is 0.0435. The molecule has 7 rings (SSSR count). The minimum Gasteiger partial charge on any atom is -0.369 e. The van der Waals surface area contributed by atoms with Gasteiger partial charge in [0.2, 0.25) is 0 Å². The van der Waals surface area contributed by atoms with Crippen LogP contribution in [0.5, 0.6) is 0 Å². The Morgan fingerprint density at radius 1 is 0.889 bits per heavy atom. The second kappa shape index (κ2) is 11.9. The van der Waals surface area contributed by atoms with Crippen LogP contribution in [-0.2, 0) is 6.54 Å². The summed E-state index contributed by atoms with van der Waals surface area (Å²) in [5.41, 5.74) is 5.99. The molecule has 3 aliphatic rings. The monoisotopic (exact) mass is 602 g/mol. The number of pyridine rings is 2. The van der Waals surface area contributed by atoms with Crippen LogP contribution in [0.1, 0.15) is 51.2 Å². The van der Waals surface area contributed by atoms with E-state index >= 15 is 0 Å². The largest absolute Gasteiger partial charge is 0.369 e. The van der Waals surface area contributed by atoms with Gasteiger partial charge in [0.15, 0.2) is 0 Å². The molecule has 3 aliphatic heterocycles. The zero-order valence-electron chi connectivity index (χ0n) is 25.7. The van der Waals surface area contributed by atoms with E-state index in [-0.39, 0.29) is 29.3 Å². The first-order valence-corrected chi connectivity index (χ1v) is 15.8. The van der Waals surface area contributed by atoms with E-state index in [0.717, 1.165) is 37.4 Å². The van der Waals surface area contributed by atoms with E-state index < -0.39 is 0 Å². The summed E-state index contributed by atoms with van der Waals surface area (Å²) in [5.74, 6) is 0.202. The second-order valence-corrected chi connectivity index (χ2v) is 12.7. The molecule has 2 fully saturated rings. The van der Waals surface area contributed by atoms with Gasteiger partial charge in [-0.25, -0.2) is 0 Å². The van der Waals surface area contributed by atoms with Gasteiger partial charge in [-0.05, 0) is 80.3 Å². The first-order valence-electron chi connectivity index (χ1n) is 15.8. The molecule has 9 heteroatoms. The molecule has 0 saturated carbocycles. The lowest BCUT2D eigenvalue weighted by Gasteiger charge is -2.44. The summed E-state index contributed by atoms with van der Waals surface area (Å²) >= 11 is 0. The highest BCUT2D eigenvalue weighted by Gasteiger charge is 2.36. The fraction of sp³-hybridized carbons (Fsp3) is 0.333. The van der Waals surface area contributed by atoms with Crippen molar-refractivity contribution in [2.45, 2.75) is 38.8 Å². The van der Waals surface area contributed by atoms with Crippen molar-refractivity contribution in [1.82, 2.24) is 14.5 Å². The van der Waals surface area contributed by atoms with Gasteiger partial charge in [-0.3, -0.25) is 19.4 Å². The van der Waals surface area contributed by atoms with E-state index in [1.54, 1.807) is 30.6 Å². The van der Waals surface area contributed by atoms with Crippen molar-refractivity contribution in [3.8, 4) is 0 Å². The number of piperidine rings is 1. The average molecular weight is 603 g/mol. The third-order valence-electron chi connectivity index (χ3n) is 9.48. The van der Waals surface area contributed by atoms with Crippen molar-refractivity contribution in [3.05, 3.63) is 118 Å². The zero-order chi connectivity index (χ0) is 31.1. The Morgan fingerprint density at radius 3 is 2.56 bits per heavy atom. The lowest BCUT2D eigenvalue weighted by molar-refractivity contribution is 0.0726. The third-order valence-corrected chi connectivity index (χ3v) is 9.48. The van der Waals surface area contributed by atoms with E-state index in [2.05, 4.69) is 64.3 Å². The molecule has 4 aromatic rings. The molecule has 3 atom stereocenters. The topological polar surface area (TPSA) is 90.8 Å². The van der Waals surface area contributed by atoms with Gasteiger partial charge in [0.25, 0.3) is 17.4 Å². The molecular weight excluding hydrogens is 564 g/mol. The molecule has 5 heterocycles. The van der Waals surface area contributed by atoms with Crippen molar-refractivity contribution >= 4 is 28.9 Å². The van der Waals surface area contributed by atoms with Gasteiger partial charge in [0, 0.05) is 86.6 Å². The van der Waals surface area contributed by atoms with Crippen LogP contribution in [0.3, 0.4) is 0 Å². The number of anilines is 3. The fourth-order valence-corrected chi connectivity index (χ4v) is 7.34. The predicted octanol–water partition coefficient (Wildman–Crippen LogP) is 4.78. The summed E-state index contributed by atoms with van der Waals surface area (Å²) in [6.07, 6.45) is 4.20. The van der Waals surface area contributed by atoms with Gasteiger partial charge in [-0.1, -0.05) is 18.2 Å². The van der Waals surface area contributed by atoms with Crippen LogP contribution in [-0.4, -0.2) is 65.0 Å². The highest BCUT2D eigenvalue weighted by Crippen LogP contribution is 2.39. The van der Waals surface area contributed by atoms with Crippen LogP contribution in [0.25, 0.3) is 0 Å². The van der Waals surface area contributed by atoms with Gasteiger partial charge in [0.05, 0.1) is 16.9 Å². The third kappa shape index (κ3) is 5.70. The minimum atomic E-state index is -0.275. The maximum atomic E-state index is 13.9. The van der Waals surface area contributed by atoms with Crippen LogP contribution in [0, 0.1) is 12.8 Å². The maximum absolute atomic E-state index is 13.9. The average Bonchev–Trinajstić information content (AvgIpc) is 3.05. The SMILES string of the molecule is Cc1cccc(N2CCN(C(=O)c3ccc(N4CC5CC(C4)c4cccc(=O)n4C5)c(NC(=O)c4cccnc4)c3)CC2C)c1. The number of benzene rings is 2. The maximum Gasteiger partial charge on any atom is 0.257 e. The second-order valence-electron chi connectivity index (χ2n) is 12.7. The molecule has 2 aromatic carbocycles. The smallest absolute Gasteiger partial charge is 0.257 e. The van der Waals surface area contributed by atoms with Gasteiger partial charge in [0.1, 0.15) is 0 Å². The number of fused-ring (bicyclic) bond motifs is 4. The molecule has 2 amide bonds. The van der Waals surface area contributed by atoms with Crippen LogP contribution in [0.15, 0.2) is 90.0 Å². The van der Waals surface area contributed by atoms with Crippen molar-refractivity contribution in [3.63, 3.8) is 0 Å². The Balaban J connectivity index is 1.16. The highest BCUT2D eigenvalue weighted by molar-refractivity contribution is 6.07. The fourth-order valence-electron chi connectivity index (χ4n) is 7.34. The molecule has 0 spiro atoms. The van der Waals surface area contributed by atoms with Crippen LogP contribution < -0.4 is 20.7 Å². The molecule has 2 bridgehead atoms. The predicted molar refractivity (Wildman–Crippen MR) is 176 cm³/mol. The summed E-state index contributed by atoms with van der Waals surface area (Å²) in [7, 11) is 0. The molecule has 0 radical (unpaired) electrons. The molecule has 9 nitrogen and oxygen atoms in total. The summed E-state index contributed by atoms with van der Waals surface area (Å²) in [6, 6.07) is 23.3. The molecular formula is C36H38N6O3. The molecule has 1 N–H and O–H groups in total. The van der Waals surface area contributed by atoms with E-state index in [4.69, 9.17) is 0 Å². The number of rotatable bonds is 5. The summed E-state index contributed by atoms with van der Waals surface area (Å²) < 4.78 is 1.92. The highest BCUT2D eigenvalue weighted by atomic mass is 16.2. The number of nitrogens with zero attached hydrogens (tertiary/aromatic N) is 5. The van der Waals surface area contributed by atoms with Crippen molar-refractivity contribution in [1.29, 1.82) is 0 Å². The van der Waals surface area contributed by atoms with Crippen molar-refractivity contribution in [2.75, 3.05) is 47.8 Å². The zero-order valence-corrected chi connectivity index (χ0v) is 25.7. The molecule has 3 unspecified atom stereocenters. The number of carbonyl (C=O) groups is 2. The summed E-state index contributed by atoms with van der Waals surface area (Å²) in [5, 5.41) is 3.10. The number of hydrogen-bond donors (Lipinski definition) is 1.